The molecule has 3 heterocycles. The highest BCUT2D eigenvalue weighted by molar-refractivity contribution is 7.89. The predicted molar refractivity (Wildman–Crippen MR) is 98.5 cm³/mol. The smallest absolute Gasteiger partial charge is 0.259 e. The Morgan fingerprint density at radius 1 is 1.42 bits per heavy atom. The van der Waals surface area contributed by atoms with Gasteiger partial charge in [0.05, 0.1) is 12.5 Å². The number of nitrogens with one attached hydrogen (secondary N) is 1. The molecular weight excluding hydrogens is 374 g/mol. The second kappa shape index (κ2) is 6.99. The summed E-state index contributed by atoms with van der Waals surface area (Å²) in [6.45, 7) is 3.66. The van der Waals surface area contributed by atoms with Crippen LogP contribution in [0.2, 0.25) is 0 Å². The molecule has 3 rings (SSSR count). The molecule has 0 radical (unpaired) electrons. The molecule has 1 atom stereocenters. The summed E-state index contributed by atoms with van der Waals surface area (Å²) in [4.78, 5) is 4.84. The van der Waals surface area contributed by atoms with E-state index < -0.39 is 15.6 Å². The fourth-order valence-electron chi connectivity index (χ4n) is 2.74. The van der Waals surface area contributed by atoms with E-state index in [0.29, 0.717) is 16.3 Å². The summed E-state index contributed by atoms with van der Waals surface area (Å²) in [6, 6.07) is 5.17. The maximum absolute atomic E-state index is 12.7. The van der Waals surface area contributed by atoms with Gasteiger partial charge in [0, 0.05) is 36.1 Å². The number of aromatic nitrogens is 2. The van der Waals surface area contributed by atoms with Gasteiger partial charge < -0.3 is 14.1 Å². The number of sulfonamides is 1. The minimum absolute atomic E-state index is 0.0653. The largest absolute Gasteiger partial charge is 0.472 e. The summed E-state index contributed by atoms with van der Waals surface area (Å²) in [7, 11) is -2.12. The molecule has 0 amide bonds. The van der Waals surface area contributed by atoms with Crippen LogP contribution in [-0.2, 0) is 22.7 Å². The van der Waals surface area contributed by atoms with Gasteiger partial charge in [0.15, 0.2) is 5.03 Å². The number of rotatable bonds is 7. The molecule has 0 saturated carbocycles. The van der Waals surface area contributed by atoms with Crippen molar-refractivity contribution in [3.8, 4) is 0 Å². The van der Waals surface area contributed by atoms with Crippen molar-refractivity contribution in [2.75, 3.05) is 6.54 Å². The Morgan fingerprint density at radius 2 is 2.19 bits per heavy atom. The Morgan fingerprint density at radius 3 is 2.73 bits per heavy atom. The van der Waals surface area contributed by atoms with Crippen LogP contribution in [0.4, 0.5) is 0 Å². The first-order valence-corrected chi connectivity index (χ1v) is 10.4. The van der Waals surface area contributed by atoms with Crippen LogP contribution >= 0.6 is 11.3 Å². The maximum atomic E-state index is 12.7. The first kappa shape index (κ1) is 18.8. The lowest BCUT2D eigenvalue weighted by molar-refractivity contribution is 0.0891. The Kier molecular flexibility index (Phi) is 5.07. The molecule has 0 saturated heterocycles. The molecule has 0 spiro atoms. The summed E-state index contributed by atoms with van der Waals surface area (Å²) in [5.41, 5.74) is -1.05. The van der Waals surface area contributed by atoms with Crippen LogP contribution in [0, 0.1) is 0 Å². The van der Waals surface area contributed by atoms with Gasteiger partial charge in [-0.05, 0) is 17.5 Å². The van der Waals surface area contributed by atoms with E-state index in [4.69, 9.17) is 4.42 Å². The number of imidazole rings is 1. The minimum Gasteiger partial charge on any atom is -0.472 e. The van der Waals surface area contributed by atoms with Gasteiger partial charge in [-0.25, -0.2) is 18.1 Å². The average Bonchev–Trinajstić information content (AvgIpc) is 3.32. The number of furan rings is 1. The minimum atomic E-state index is -3.88. The SMILES string of the molecule is CC(C)c1nc(S(=O)(=O)NC[C@@](O)(c2ccoc2)c2cccs2)cn1C. The third-order valence-corrected chi connectivity index (χ3v) is 6.42. The van der Waals surface area contributed by atoms with Crippen LogP contribution in [0.3, 0.4) is 0 Å². The summed E-state index contributed by atoms with van der Waals surface area (Å²) < 4.78 is 34.6. The molecule has 0 bridgehead atoms. The first-order valence-electron chi connectivity index (χ1n) is 8.06. The van der Waals surface area contributed by atoms with Crippen LogP contribution in [0.15, 0.2) is 51.7 Å². The van der Waals surface area contributed by atoms with Crippen LogP contribution in [-0.4, -0.2) is 29.6 Å². The molecule has 140 valence electrons. The molecule has 2 N–H and O–H groups in total. The molecule has 9 heteroatoms. The van der Waals surface area contributed by atoms with E-state index in [1.54, 1.807) is 29.8 Å². The van der Waals surface area contributed by atoms with Crippen molar-refractivity contribution in [3.05, 3.63) is 58.6 Å². The Labute approximate surface area is 156 Å². The predicted octanol–water partition coefficient (Wildman–Crippen LogP) is 2.41. The molecule has 7 nitrogen and oxygen atoms in total. The third-order valence-electron chi connectivity index (χ3n) is 4.13. The Hall–Kier alpha value is -1.94. The van der Waals surface area contributed by atoms with Gasteiger partial charge in [0.1, 0.15) is 11.4 Å². The monoisotopic (exact) mass is 395 g/mol. The van der Waals surface area contributed by atoms with E-state index >= 15 is 0 Å². The van der Waals surface area contributed by atoms with E-state index in [9.17, 15) is 13.5 Å². The fourth-order valence-corrected chi connectivity index (χ4v) is 4.64. The molecule has 26 heavy (non-hydrogen) atoms. The van der Waals surface area contributed by atoms with Gasteiger partial charge in [-0.15, -0.1) is 11.3 Å². The van der Waals surface area contributed by atoms with E-state index in [1.807, 2.05) is 19.2 Å². The third kappa shape index (κ3) is 3.48. The van der Waals surface area contributed by atoms with Gasteiger partial charge in [-0.1, -0.05) is 19.9 Å². The van der Waals surface area contributed by atoms with Gasteiger partial charge in [0.25, 0.3) is 10.0 Å². The molecule has 0 aliphatic carbocycles. The lowest BCUT2D eigenvalue weighted by Crippen LogP contribution is -2.41. The normalized spacial score (nSPS) is 14.7. The van der Waals surface area contributed by atoms with Gasteiger partial charge >= 0.3 is 0 Å². The number of aryl methyl sites for hydroxylation is 1. The van der Waals surface area contributed by atoms with Gasteiger partial charge in [-0.3, -0.25) is 0 Å². The zero-order valence-corrected chi connectivity index (χ0v) is 16.3. The number of hydrogen-bond acceptors (Lipinski definition) is 6. The van der Waals surface area contributed by atoms with Crippen molar-refractivity contribution in [1.29, 1.82) is 0 Å². The highest BCUT2D eigenvalue weighted by atomic mass is 32.2. The summed E-state index contributed by atoms with van der Waals surface area (Å²) >= 11 is 1.34. The Balaban J connectivity index is 1.89. The van der Waals surface area contributed by atoms with Crippen molar-refractivity contribution in [1.82, 2.24) is 14.3 Å². The number of nitrogens with zero attached hydrogens (tertiary/aromatic N) is 2. The van der Waals surface area contributed by atoms with E-state index in [1.165, 1.54) is 30.1 Å². The van der Waals surface area contributed by atoms with E-state index in [2.05, 4.69) is 9.71 Å². The number of thiophene rings is 1. The van der Waals surface area contributed by atoms with Crippen molar-refractivity contribution in [2.45, 2.75) is 30.4 Å². The Bertz CT molecular complexity index is 924. The standard InChI is InChI=1S/C17H21N3O4S2/c1-12(2)16-19-15(9-20(16)3)26(22,23)18-11-17(21,13-6-7-24-10-13)14-5-4-8-25-14/h4-10,12,18,21H,11H2,1-3H3/t17-/m1/s1. The summed E-state index contributed by atoms with van der Waals surface area (Å²) in [5.74, 6) is 0.770. The van der Waals surface area contributed by atoms with E-state index in [-0.39, 0.29) is 17.5 Å². The molecular formula is C17H21N3O4S2. The van der Waals surface area contributed by atoms with Crippen molar-refractivity contribution < 1.29 is 17.9 Å². The van der Waals surface area contributed by atoms with Crippen LogP contribution in [0.1, 0.15) is 36.0 Å². The van der Waals surface area contributed by atoms with Crippen molar-refractivity contribution in [3.63, 3.8) is 0 Å². The highest BCUT2D eigenvalue weighted by Crippen LogP contribution is 2.33. The summed E-state index contributed by atoms with van der Waals surface area (Å²) in [5, 5.41) is 12.9. The molecule has 0 fully saturated rings. The quantitative estimate of drug-likeness (QED) is 0.640. The van der Waals surface area contributed by atoms with Crippen LogP contribution in [0.5, 0.6) is 0 Å². The highest BCUT2D eigenvalue weighted by Gasteiger charge is 2.36. The molecule has 3 aromatic heterocycles. The fraction of sp³-hybridized carbons (Fsp3) is 0.353. The van der Waals surface area contributed by atoms with Crippen molar-refractivity contribution >= 4 is 21.4 Å². The first-order chi connectivity index (χ1) is 12.2. The van der Waals surface area contributed by atoms with Crippen molar-refractivity contribution in [2.24, 2.45) is 7.05 Å². The lowest BCUT2D eigenvalue weighted by Gasteiger charge is -2.26. The molecule has 0 aliphatic rings. The van der Waals surface area contributed by atoms with Crippen LogP contribution < -0.4 is 4.72 Å². The second-order valence-electron chi connectivity index (χ2n) is 6.38. The number of hydrogen-bond donors (Lipinski definition) is 2. The molecule has 0 aliphatic heterocycles. The average molecular weight is 396 g/mol. The maximum Gasteiger partial charge on any atom is 0.259 e. The lowest BCUT2D eigenvalue weighted by atomic mass is 9.95. The van der Waals surface area contributed by atoms with E-state index in [0.717, 1.165) is 0 Å². The molecule has 0 aromatic carbocycles. The van der Waals surface area contributed by atoms with Gasteiger partial charge in [0.2, 0.25) is 0 Å². The zero-order chi connectivity index (χ0) is 18.9. The second-order valence-corrected chi connectivity index (χ2v) is 9.04. The number of aliphatic hydroxyl groups is 1. The molecule has 3 aromatic rings. The summed E-state index contributed by atoms with van der Waals surface area (Å²) in [6.07, 6.45) is 4.32. The van der Waals surface area contributed by atoms with Crippen LogP contribution in [0.25, 0.3) is 0 Å². The zero-order valence-electron chi connectivity index (χ0n) is 14.7. The van der Waals surface area contributed by atoms with Gasteiger partial charge in [-0.2, -0.15) is 0 Å². The molecule has 0 unspecified atom stereocenters. The topological polar surface area (TPSA) is 97.4 Å².